The summed E-state index contributed by atoms with van der Waals surface area (Å²) in [4.78, 5) is 0. The minimum atomic E-state index is 0.362. The molecule has 0 rings (SSSR count). The van der Waals surface area contributed by atoms with Crippen LogP contribution < -0.4 is 5.32 Å². The van der Waals surface area contributed by atoms with Gasteiger partial charge in [-0.25, -0.2) is 0 Å². The largest absolute Gasteiger partial charge is 0.379 e. The molecule has 0 heterocycles. The SMILES string of the molecule is CCCCOCCOCCOCCNCC(C)C(C)(C)C. The summed E-state index contributed by atoms with van der Waals surface area (Å²) in [5, 5.41) is 3.44. The smallest absolute Gasteiger partial charge is 0.0701 e. The maximum atomic E-state index is 5.52. The lowest BCUT2D eigenvalue weighted by atomic mass is 9.82. The Labute approximate surface area is 131 Å². The first-order chi connectivity index (χ1) is 9.98. The van der Waals surface area contributed by atoms with Crippen molar-refractivity contribution in [3.8, 4) is 0 Å². The third-order valence-corrected chi connectivity index (χ3v) is 3.74. The molecule has 0 aromatic carbocycles. The molecule has 0 saturated carbocycles. The van der Waals surface area contributed by atoms with Crippen LogP contribution in [0.4, 0.5) is 0 Å². The van der Waals surface area contributed by atoms with Crippen LogP contribution in [0, 0.1) is 11.3 Å². The number of hydrogen-bond acceptors (Lipinski definition) is 4. The van der Waals surface area contributed by atoms with E-state index < -0.39 is 0 Å². The van der Waals surface area contributed by atoms with Crippen molar-refractivity contribution in [2.45, 2.75) is 47.5 Å². The van der Waals surface area contributed by atoms with E-state index in [4.69, 9.17) is 14.2 Å². The van der Waals surface area contributed by atoms with Crippen molar-refractivity contribution in [2.24, 2.45) is 11.3 Å². The van der Waals surface area contributed by atoms with E-state index in [0.29, 0.717) is 37.8 Å². The lowest BCUT2D eigenvalue weighted by Gasteiger charge is -2.27. The van der Waals surface area contributed by atoms with E-state index in [1.807, 2.05) is 0 Å². The third-order valence-electron chi connectivity index (χ3n) is 3.74. The average Bonchev–Trinajstić information content (AvgIpc) is 2.42. The molecule has 0 bridgehead atoms. The van der Waals surface area contributed by atoms with Crippen LogP contribution in [-0.2, 0) is 14.2 Å². The minimum Gasteiger partial charge on any atom is -0.379 e. The van der Waals surface area contributed by atoms with Crippen LogP contribution in [0.15, 0.2) is 0 Å². The zero-order valence-corrected chi connectivity index (χ0v) is 14.9. The maximum Gasteiger partial charge on any atom is 0.0701 e. The Hall–Kier alpha value is -0.160. The van der Waals surface area contributed by atoms with E-state index in [1.54, 1.807) is 0 Å². The van der Waals surface area contributed by atoms with Crippen LogP contribution >= 0.6 is 0 Å². The highest BCUT2D eigenvalue weighted by atomic mass is 16.5. The summed E-state index contributed by atoms with van der Waals surface area (Å²) >= 11 is 0. The van der Waals surface area contributed by atoms with E-state index in [1.165, 1.54) is 6.42 Å². The first kappa shape index (κ1) is 20.8. The van der Waals surface area contributed by atoms with Crippen molar-refractivity contribution < 1.29 is 14.2 Å². The van der Waals surface area contributed by atoms with Gasteiger partial charge in [0.15, 0.2) is 0 Å². The van der Waals surface area contributed by atoms with Gasteiger partial charge in [0, 0.05) is 13.2 Å². The molecule has 0 aliphatic carbocycles. The van der Waals surface area contributed by atoms with E-state index in [-0.39, 0.29) is 0 Å². The van der Waals surface area contributed by atoms with Gasteiger partial charge in [0.05, 0.1) is 33.0 Å². The Kier molecular flexibility index (Phi) is 13.4. The van der Waals surface area contributed by atoms with Gasteiger partial charge >= 0.3 is 0 Å². The molecule has 0 aromatic rings. The van der Waals surface area contributed by atoms with Gasteiger partial charge < -0.3 is 19.5 Å². The molecule has 1 unspecified atom stereocenters. The molecule has 0 aliphatic rings. The fourth-order valence-corrected chi connectivity index (χ4v) is 1.56. The fourth-order valence-electron chi connectivity index (χ4n) is 1.56. The Morgan fingerprint density at radius 2 is 1.38 bits per heavy atom. The van der Waals surface area contributed by atoms with Gasteiger partial charge in [-0.3, -0.25) is 0 Å². The van der Waals surface area contributed by atoms with Crippen molar-refractivity contribution in [1.82, 2.24) is 5.32 Å². The van der Waals surface area contributed by atoms with Gasteiger partial charge in [-0.1, -0.05) is 41.0 Å². The Morgan fingerprint density at radius 3 is 1.90 bits per heavy atom. The topological polar surface area (TPSA) is 39.7 Å². The van der Waals surface area contributed by atoms with E-state index in [0.717, 1.165) is 32.7 Å². The lowest BCUT2D eigenvalue weighted by Crippen LogP contribution is -2.31. The Balaban J connectivity index is 3.13. The van der Waals surface area contributed by atoms with Crippen LogP contribution in [0.1, 0.15) is 47.5 Å². The second-order valence-corrected chi connectivity index (χ2v) is 6.66. The van der Waals surface area contributed by atoms with Gasteiger partial charge in [0.2, 0.25) is 0 Å². The standard InChI is InChI=1S/C17H37NO3/c1-6-7-9-19-11-13-21-14-12-20-10-8-18-15-16(2)17(3,4)5/h16,18H,6-15H2,1-5H3. The van der Waals surface area contributed by atoms with Crippen LogP contribution in [0.25, 0.3) is 0 Å². The summed E-state index contributed by atoms with van der Waals surface area (Å²) in [6, 6.07) is 0. The van der Waals surface area contributed by atoms with Gasteiger partial charge in [-0.05, 0) is 24.3 Å². The van der Waals surface area contributed by atoms with E-state index >= 15 is 0 Å². The van der Waals surface area contributed by atoms with Crippen LogP contribution in [0.3, 0.4) is 0 Å². The number of unbranched alkanes of at least 4 members (excludes halogenated alkanes) is 1. The molecule has 128 valence electrons. The first-order valence-corrected chi connectivity index (χ1v) is 8.42. The molecule has 0 amide bonds. The summed E-state index contributed by atoms with van der Waals surface area (Å²) in [6.45, 7) is 17.5. The monoisotopic (exact) mass is 303 g/mol. The molecule has 4 heteroatoms. The van der Waals surface area contributed by atoms with E-state index in [2.05, 4.69) is 39.9 Å². The first-order valence-electron chi connectivity index (χ1n) is 8.42. The summed E-state index contributed by atoms with van der Waals surface area (Å²) < 4.78 is 16.4. The fraction of sp³-hybridized carbons (Fsp3) is 1.00. The number of hydrogen-bond donors (Lipinski definition) is 1. The normalized spacial score (nSPS) is 13.6. The van der Waals surface area contributed by atoms with Gasteiger partial charge in [0.25, 0.3) is 0 Å². The molecule has 0 aliphatic heterocycles. The molecular formula is C17H37NO3. The van der Waals surface area contributed by atoms with Crippen molar-refractivity contribution in [3.63, 3.8) is 0 Å². The van der Waals surface area contributed by atoms with Crippen molar-refractivity contribution in [1.29, 1.82) is 0 Å². The zero-order valence-electron chi connectivity index (χ0n) is 14.9. The third kappa shape index (κ3) is 14.5. The molecule has 1 N–H and O–H groups in total. The molecule has 0 aromatic heterocycles. The van der Waals surface area contributed by atoms with Crippen LogP contribution in [0.5, 0.6) is 0 Å². The van der Waals surface area contributed by atoms with E-state index in [9.17, 15) is 0 Å². The highest BCUT2D eigenvalue weighted by Gasteiger charge is 2.18. The molecule has 0 spiro atoms. The Bertz CT molecular complexity index is 217. The zero-order chi connectivity index (χ0) is 16.0. The molecule has 0 saturated heterocycles. The van der Waals surface area contributed by atoms with Crippen LogP contribution in [0.2, 0.25) is 0 Å². The summed E-state index contributed by atoms with van der Waals surface area (Å²) in [6.07, 6.45) is 2.31. The molecule has 0 fully saturated rings. The maximum absolute atomic E-state index is 5.52. The second-order valence-electron chi connectivity index (χ2n) is 6.66. The predicted octanol–water partition coefficient (Wildman–Crippen LogP) is 3.11. The number of nitrogens with one attached hydrogen (secondary N) is 1. The van der Waals surface area contributed by atoms with Crippen molar-refractivity contribution in [3.05, 3.63) is 0 Å². The van der Waals surface area contributed by atoms with Gasteiger partial charge in [-0.15, -0.1) is 0 Å². The highest BCUT2D eigenvalue weighted by Crippen LogP contribution is 2.24. The number of rotatable bonds is 14. The molecule has 0 radical (unpaired) electrons. The molecule has 4 nitrogen and oxygen atoms in total. The average molecular weight is 303 g/mol. The second kappa shape index (κ2) is 13.5. The van der Waals surface area contributed by atoms with Crippen LogP contribution in [-0.4, -0.2) is 52.7 Å². The number of ether oxygens (including phenoxy) is 3. The van der Waals surface area contributed by atoms with Gasteiger partial charge in [-0.2, -0.15) is 0 Å². The molecular weight excluding hydrogens is 266 g/mol. The van der Waals surface area contributed by atoms with Gasteiger partial charge in [0.1, 0.15) is 0 Å². The van der Waals surface area contributed by atoms with Crippen molar-refractivity contribution in [2.75, 3.05) is 52.7 Å². The summed E-state index contributed by atoms with van der Waals surface area (Å²) in [5.74, 6) is 0.661. The minimum absolute atomic E-state index is 0.362. The highest BCUT2D eigenvalue weighted by molar-refractivity contribution is 4.71. The predicted molar refractivity (Wildman–Crippen MR) is 88.9 cm³/mol. The summed E-state index contributed by atoms with van der Waals surface area (Å²) in [7, 11) is 0. The van der Waals surface area contributed by atoms with Crippen molar-refractivity contribution >= 4 is 0 Å². The molecule has 21 heavy (non-hydrogen) atoms. The molecule has 1 atom stereocenters. The quantitative estimate of drug-likeness (QED) is 0.501. The lowest BCUT2D eigenvalue weighted by molar-refractivity contribution is 0.0145. The summed E-state index contributed by atoms with van der Waals surface area (Å²) in [5.41, 5.74) is 0.362. The Morgan fingerprint density at radius 1 is 0.857 bits per heavy atom.